The molecule has 0 aliphatic rings. The molecular formula is C17H11ClFNO3. The van der Waals surface area contributed by atoms with Crippen molar-refractivity contribution < 1.29 is 13.6 Å². The fourth-order valence-corrected chi connectivity index (χ4v) is 2.30. The van der Waals surface area contributed by atoms with Crippen molar-refractivity contribution in [3.8, 4) is 0 Å². The first-order valence-electron chi connectivity index (χ1n) is 6.75. The number of para-hydroxylation sites is 1. The Labute approximate surface area is 135 Å². The number of anilines is 1. The SMILES string of the molecule is Cc1cc2oc(C(=O)Nc3ccccc3F)cc(=O)c2cc1Cl. The molecule has 0 radical (unpaired) electrons. The van der Waals surface area contributed by atoms with Crippen molar-refractivity contribution in [1.29, 1.82) is 0 Å². The minimum absolute atomic E-state index is 0.00697. The average Bonchev–Trinajstić information content (AvgIpc) is 2.51. The van der Waals surface area contributed by atoms with Crippen LogP contribution >= 0.6 is 11.6 Å². The maximum Gasteiger partial charge on any atom is 0.291 e. The van der Waals surface area contributed by atoms with Gasteiger partial charge in [0, 0.05) is 11.1 Å². The zero-order chi connectivity index (χ0) is 16.6. The molecule has 2 aromatic carbocycles. The monoisotopic (exact) mass is 331 g/mol. The minimum atomic E-state index is -0.707. The zero-order valence-electron chi connectivity index (χ0n) is 12.0. The molecule has 0 saturated heterocycles. The average molecular weight is 332 g/mol. The number of carbonyl (C=O) groups is 1. The maximum absolute atomic E-state index is 13.6. The summed E-state index contributed by atoms with van der Waals surface area (Å²) in [4.78, 5) is 24.3. The summed E-state index contributed by atoms with van der Waals surface area (Å²) in [6.45, 7) is 1.76. The quantitative estimate of drug-likeness (QED) is 0.767. The molecule has 116 valence electrons. The topological polar surface area (TPSA) is 59.3 Å². The number of hydrogen-bond acceptors (Lipinski definition) is 3. The Bertz CT molecular complexity index is 981. The Morgan fingerprint density at radius 2 is 1.96 bits per heavy atom. The molecule has 0 unspecified atom stereocenters. The summed E-state index contributed by atoms with van der Waals surface area (Å²) in [6.07, 6.45) is 0. The fourth-order valence-electron chi connectivity index (χ4n) is 2.14. The van der Waals surface area contributed by atoms with Crippen molar-refractivity contribution in [2.75, 3.05) is 5.32 Å². The Balaban J connectivity index is 2.03. The summed E-state index contributed by atoms with van der Waals surface area (Å²) in [5.41, 5.74) is 0.575. The van der Waals surface area contributed by atoms with Crippen LogP contribution in [0.5, 0.6) is 0 Å². The highest BCUT2D eigenvalue weighted by atomic mass is 35.5. The van der Waals surface area contributed by atoms with Gasteiger partial charge in [0.1, 0.15) is 11.4 Å². The number of hydrogen-bond donors (Lipinski definition) is 1. The van der Waals surface area contributed by atoms with Gasteiger partial charge in [-0.25, -0.2) is 4.39 Å². The van der Waals surface area contributed by atoms with Crippen LogP contribution < -0.4 is 10.7 Å². The van der Waals surface area contributed by atoms with Crippen LogP contribution in [0.1, 0.15) is 16.1 Å². The van der Waals surface area contributed by atoms with Gasteiger partial charge in [-0.3, -0.25) is 9.59 Å². The Hall–Kier alpha value is -2.66. The van der Waals surface area contributed by atoms with E-state index < -0.39 is 17.2 Å². The van der Waals surface area contributed by atoms with Gasteiger partial charge in [-0.2, -0.15) is 0 Å². The van der Waals surface area contributed by atoms with Gasteiger partial charge in [0.05, 0.1) is 11.1 Å². The molecule has 0 aliphatic heterocycles. The number of benzene rings is 2. The lowest BCUT2D eigenvalue weighted by Crippen LogP contribution is -2.15. The first kappa shape index (κ1) is 15.2. The summed E-state index contributed by atoms with van der Waals surface area (Å²) in [5.74, 6) is -1.49. The van der Waals surface area contributed by atoms with Gasteiger partial charge in [0.2, 0.25) is 0 Å². The molecule has 0 spiro atoms. The second-order valence-electron chi connectivity index (χ2n) is 5.01. The second kappa shape index (κ2) is 5.85. The second-order valence-corrected chi connectivity index (χ2v) is 5.41. The molecule has 1 amide bonds. The van der Waals surface area contributed by atoms with E-state index in [0.29, 0.717) is 10.6 Å². The lowest BCUT2D eigenvalue weighted by Gasteiger charge is -2.07. The van der Waals surface area contributed by atoms with E-state index in [9.17, 15) is 14.0 Å². The molecule has 0 fully saturated rings. The van der Waals surface area contributed by atoms with Gasteiger partial charge in [0.15, 0.2) is 11.2 Å². The summed E-state index contributed by atoms with van der Waals surface area (Å²) in [5, 5.41) is 3.09. The molecule has 3 aromatic rings. The van der Waals surface area contributed by atoms with Gasteiger partial charge in [-0.05, 0) is 36.8 Å². The fraction of sp³-hybridized carbons (Fsp3) is 0.0588. The number of carbonyl (C=O) groups excluding carboxylic acids is 1. The van der Waals surface area contributed by atoms with E-state index in [1.807, 2.05) is 0 Å². The first-order valence-corrected chi connectivity index (χ1v) is 7.13. The smallest absolute Gasteiger partial charge is 0.291 e. The molecule has 1 aromatic heterocycles. The van der Waals surface area contributed by atoms with Crippen LogP contribution in [0.25, 0.3) is 11.0 Å². The van der Waals surface area contributed by atoms with E-state index in [1.165, 1.54) is 24.3 Å². The third kappa shape index (κ3) is 2.96. The molecule has 4 nitrogen and oxygen atoms in total. The van der Waals surface area contributed by atoms with Gasteiger partial charge < -0.3 is 9.73 Å². The maximum atomic E-state index is 13.6. The van der Waals surface area contributed by atoms with Crippen molar-refractivity contribution >= 4 is 34.2 Å². The third-order valence-corrected chi connectivity index (χ3v) is 3.76. The van der Waals surface area contributed by atoms with Crippen LogP contribution in [0.3, 0.4) is 0 Å². The van der Waals surface area contributed by atoms with Gasteiger partial charge in [-0.1, -0.05) is 23.7 Å². The van der Waals surface area contributed by atoms with Crippen molar-refractivity contribution in [1.82, 2.24) is 0 Å². The Kier molecular flexibility index (Phi) is 3.88. The highest BCUT2D eigenvalue weighted by Crippen LogP contribution is 2.22. The van der Waals surface area contributed by atoms with Crippen molar-refractivity contribution in [2.24, 2.45) is 0 Å². The molecule has 1 N–H and O–H groups in total. The molecule has 1 heterocycles. The highest BCUT2D eigenvalue weighted by Gasteiger charge is 2.15. The number of rotatable bonds is 2. The number of aryl methyl sites for hydroxylation is 1. The summed E-state index contributed by atoms with van der Waals surface area (Å²) >= 11 is 5.99. The van der Waals surface area contributed by atoms with E-state index in [1.54, 1.807) is 19.1 Å². The summed E-state index contributed by atoms with van der Waals surface area (Å²) in [6, 6.07) is 9.86. The van der Waals surface area contributed by atoms with Gasteiger partial charge in [-0.15, -0.1) is 0 Å². The van der Waals surface area contributed by atoms with Crippen LogP contribution in [0.15, 0.2) is 51.7 Å². The minimum Gasteiger partial charge on any atom is -0.451 e. The van der Waals surface area contributed by atoms with Crippen LogP contribution in [-0.4, -0.2) is 5.91 Å². The molecule has 3 rings (SSSR count). The molecule has 23 heavy (non-hydrogen) atoms. The molecule has 0 atom stereocenters. The number of fused-ring (bicyclic) bond motifs is 1. The van der Waals surface area contributed by atoms with E-state index in [2.05, 4.69) is 5.32 Å². The van der Waals surface area contributed by atoms with E-state index in [4.69, 9.17) is 16.0 Å². The lowest BCUT2D eigenvalue weighted by atomic mass is 10.1. The van der Waals surface area contributed by atoms with Crippen molar-refractivity contribution in [3.63, 3.8) is 0 Å². The predicted octanol–water partition coefficient (Wildman–Crippen LogP) is 4.15. The largest absolute Gasteiger partial charge is 0.451 e. The third-order valence-electron chi connectivity index (χ3n) is 3.35. The van der Waals surface area contributed by atoms with Crippen molar-refractivity contribution in [3.05, 3.63) is 74.9 Å². The number of amides is 1. The zero-order valence-corrected chi connectivity index (χ0v) is 12.8. The first-order chi connectivity index (χ1) is 11.0. The Morgan fingerprint density at radius 3 is 2.70 bits per heavy atom. The Morgan fingerprint density at radius 1 is 1.22 bits per heavy atom. The summed E-state index contributed by atoms with van der Waals surface area (Å²) in [7, 11) is 0. The predicted molar refractivity (Wildman–Crippen MR) is 86.6 cm³/mol. The van der Waals surface area contributed by atoms with Crippen LogP contribution in [-0.2, 0) is 0 Å². The number of halogens is 2. The van der Waals surface area contributed by atoms with E-state index >= 15 is 0 Å². The van der Waals surface area contributed by atoms with E-state index in [0.717, 1.165) is 6.07 Å². The van der Waals surface area contributed by atoms with Gasteiger partial charge >= 0.3 is 0 Å². The number of nitrogens with one attached hydrogen (secondary N) is 1. The van der Waals surface area contributed by atoms with Crippen LogP contribution in [0.4, 0.5) is 10.1 Å². The molecule has 0 saturated carbocycles. The highest BCUT2D eigenvalue weighted by molar-refractivity contribution is 6.32. The van der Waals surface area contributed by atoms with Crippen LogP contribution in [0, 0.1) is 12.7 Å². The summed E-state index contributed by atoms with van der Waals surface area (Å²) < 4.78 is 19.0. The molecule has 0 bridgehead atoms. The van der Waals surface area contributed by atoms with Crippen LogP contribution in [0.2, 0.25) is 5.02 Å². The van der Waals surface area contributed by atoms with Crippen molar-refractivity contribution in [2.45, 2.75) is 6.92 Å². The standard InChI is InChI=1S/C17H11ClFNO3/c1-9-6-15-10(7-11(9)18)14(21)8-16(23-15)17(22)20-13-5-3-2-4-12(13)19/h2-8H,1H3,(H,20,22). The molecular weight excluding hydrogens is 321 g/mol. The van der Waals surface area contributed by atoms with Gasteiger partial charge in [0.25, 0.3) is 5.91 Å². The normalized spacial score (nSPS) is 10.7. The van der Waals surface area contributed by atoms with E-state index in [-0.39, 0.29) is 22.4 Å². The molecule has 6 heteroatoms. The molecule has 0 aliphatic carbocycles. The lowest BCUT2D eigenvalue weighted by molar-refractivity contribution is 0.0996.